The Morgan fingerprint density at radius 2 is 1.89 bits per heavy atom. The average molecular weight is 549 g/mol. The van der Waals surface area contributed by atoms with Gasteiger partial charge in [-0.1, -0.05) is 30.0 Å². The summed E-state index contributed by atoms with van der Waals surface area (Å²) in [5.41, 5.74) is 8.63. The summed E-state index contributed by atoms with van der Waals surface area (Å²) in [7, 11) is 0. The molecule has 0 fully saturated rings. The molecule has 0 bridgehead atoms. The van der Waals surface area contributed by atoms with E-state index in [9.17, 15) is 20.0 Å². The van der Waals surface area contributed by atoms with E-state index in [1.807, 2.05) is 11.4 Å². The second-order valence-electron chi connectivity index (χ2n) is 7.89. The van der Waals surface area contributed by atoms with Crippen LogP contribution in [0.3, 0.4) is 0 Å². The molecule has 1 atom stereocenters. The molecule has 2 aromatic carbocycles. The number of aliphatic hydroxyl groups is 2. The molecule has 2 aromatic heterocycles. The van der Waals surface area contributed by atoms with E-state index in [1.54, 1.807) is 36.4 Å². The molecule has 0 aliphatic carbocycles. The van der Waals surface area contributed by atoms with Crippen molar-refractivity contribution in [2.45, 2.75) is 16.9 Å². The summed E-state index contributed by atoms with van der Waals surface area (Å²) >= 11 is 2.62. The summed E-state index contributed by atoms with van der Waals surface area (Å²) in [6.07, 6.45) is -1.00. The highest BCUT2D eigenvalue weighted by molar-refractivity contribution is 7.98. The van der Waals surface area contributed by atoms with Crippen LogP contribution in [0.4, 0.5) is 21.0 Å². The van der Waals surface area contributed by atoms with Crippen LogP contribution in [0.5, 0.6) is 5.75 Å². The van der Waals surface area contributed by atoms with E-state index in [1.165, 1.54) is 35.2 Å². The van der Waals surface area contributed by atoms with Gasteiger partial charge in [-0.15, -0.1) is 11.3 Å². The van der Waals surface area contributed by atoms with E-state index >= 15 is 0 Å². The summed E-state index contributed by atoms with van der Waals surface area (Å²) < 4.78 is 18.9. The molecule has 2 heterocycles. The maximum absolute atomic E-state index is 13.4. The first kappa shape index (κ1) is 26.9. The lowest BCUT2D eigenvalue weighted by Crippen LogP contribution is -2.21. The zero-order chi connectivity index (χ0) is 27.1. The quantitative estimate of drug-likeness (QED) is 0.209. The summed E-state index contributed by atoms with van der Waals surface area (Å²) in [6.45, 7) is -0.501. The number of nitriles is 2. The maximum atomic E-state index is 13.4. The number of rotatable bonds is 10. The number of thiazole rings is 1. The number of hydrogen-bond donors (Lipinski definition) is 4. The van der Waals surface area contributed by atoms with Crippen LogP contribution in [0.15, 0.2) is 58.9 Å². The molecule has 12 heteroatoms. The van der Waals surface area contributed by atoms with E-state index in [0.717, 1.165) is 5.69 Å². The smallest absolute Gasteiger partial charge is 0.187 e. The van der Waals surface area contributed by atoms with Crippen molar-refractivity contribution in [2.75, 3.05) is 24.3 Å². The standard InChI is InChI=1S/C26H21FN6O3S2/c27-16-2-1-3-17(8-16)31-26-32-18(14-38-26)13-37-25-22(10-29)23(21(9-28)24(30)33-25)15-4-6-20(7-5-15)36-12-19(35)11-34/h1-8,14,19,34-35H,11-13H2,(H2,30,33)(H,31,32). The lowest BCUT2D eigenvalue weighted by molar-refractivity contribution is 0.0536. The van der Waals surface area contributed by atoms with Crippen LogP contribution >= 0.6 is 23.1 Å². The summed E-state index contributed by atoms with van der Waals surface area (Å²) in [5.74, 6) is 0.478. The van der Waals surface area contributed by atoms with Crippen molar-refractivity contribution in [1.29, 1.82) is 10.5 Å². The predicted octanol–water partition coefficient (Wildman–Crippen LogP) is 4.44. The van der Waals surface area contributed by atoms with Crippen LogP contribution in [-0.2, 0) is 5.75 Å². The number of pyridine rings is 1. The Balaban J connectivity index is 1.56. The third kappa shape index (κ3) is 6.37. The average Bonchev–Trinajstić information content (AvgIpc) is 3.37. The fraction of sp³-hybridized carbons (Fsp3) is 0.154. The molecule has 0 aliphatic heterocycles. The monoisotopic (exact) mass is 548 g/mol. The van der Waals surface area contributed by atoms with Crippen LogP contribution in [-0.4, -0.2) is 39.5 Å². The van der Waals surface area contributed by atoms with Crippen LogP contribution < -0.4 is 15.8 Å². The zero-order valence-corrected chi connectivity index (χ0v) is 21.4. The molecule has 38 heavy (non-hydrogen) atoms. The molecule has 0 amide bonds. The Morgan fingerprint density at radius 1 is 1.13 bits per heavy atom. The molecule has 5 N–H and O–H groups in total. The molecule has 1 unspecified atom stereocenters. The van der Waals surface area contributed by atoms with Gasteiger partial charge in [0.2, 0.25) is 0 Å². The van der Waals surface area contributed by atoms with E-state index in [4.69, 9.17) is 15.6 Å². The van der Waals surface area contributed by atoms with Gasteiger partial charge in [-0.3, -0.25) is 0 Å². The Hall–Kier alpha value is -4.20. The highest BCUT2D eigenvalue weighted by atomic mass is 32.2. The number of hydrogen-bond acceptors (Lipinski definition) is 11. The highest BCUT2D eigenvalue weighted by Gasteiger charge is 2.21. The number of ether oxygens (including phenoxy) is 1. The number of nitrogen functional groups attached to an aromatic ring is 1. The molecule has 192 valence electrons. The van der Waals surface area contributed by atoms with Crippen LogP contribution in [0.1, 0.15) is 16.8 Å². The summed E-state index contributed by atoms with van der Waals surface area (Å²) in [6, 6.07) is 16.9. The topological polar surface area (TPSA) is 161 Å². The first-order valence-corrected chi connectivity index (χ1v) is 13.0. The van der Waals surface area contributed by atoms with Crippen molar-refractivity contribution in [3.63, 3.8) is 0 Å². The SMILES string of the molecule is N#Cc1c(N)nc(SCc2csc(Nc3cccc(F)c3)n2)c(C#N)c1-c1ccc(OCC(O)CO)cc1. The molecule has 9 nitrogen and oxygen atoms in total. The van der Waals surface area contributed by atoms with Gasteiger partial charge >= 0.3 is 0 Å². The Kier molecular flexibility index (Phi) is 8.73. The lowest BCUT2D eigenvalue weighted by Gasteiger charge is -2.14. The number of aliphatic hydroxyl groups excluding tert-OH is 2. The molecule has 4 rings (SSSR count). The minimum Gasteiger partial charge on any atom is -0.491 e. The molecule has 0 saturated heterocycles. The molecular weight excluding hydrogens is 527 g/mol. The predicted molar refractivity (Wildman–Crippen MR) is 143 cm³/mol. The third-order valence-electron chi connectivity index (χ3n) is 5.20. The number of nitrogens with two attached hydrogens (primary N) is 1. The minimum atomic E-state index is -1.00. The first-order valence-electron chi connectivity index (χ1n) is 11.2. The van der Waals surface area contributed by atoms with Crippen molar-refractivity contribution in [3.8, 4) is 29.0 Å². The van der Waals surface area contributed by atoms with Gasteiger partial charge in [0.15, 0.2) is 5.13 Å². The highest BCUT2D eigenvalue weighted by Crippen LogP contribution is 2.37. The van der Waals surface area contributed by atoms with Crippen molar-refractivity contribution in [1.82, 2.24) is 9.97 Å². The van der Waals surface area contributed by atoms with Gasteiger partial charge in [0.25, 0.3) is 0 Å². The summed E-state index contributed by atoms with van der Waals surface area (Å²) in [5, 5.41) is 44.0. The first-order chi connectivity index (χ1) is 18.4. The molecular formula is C26H21FN6O3S2. The van der Waals surface area contributed by atoms with Gasteiger partial charge in [-0.2, -0.15) is 10.5 Å². The van der Waals surface area contributed by atoms with Gasteiger partial charge in [0.1, 0.15) is 52.8 Å². The molecule has 0 aliphatic rings. The van der Waals surface area contributed by atoms with Crippen molar-refractivity contribution < 1.29 is 19.3 Å². The van der Waals surface area contributed by atoms with Gasteiger partial charge in [0, 0.05) is 22.4 Å². The summed E-state index contributed by atoms with van der Waals surface area (Å²) in [4.78, 5) is 8.82. The Labute approximate surface area is 226 Å². The van der Waals surface area contributed by atoms with E-state index in [0.29, 0.717) is 38.5 Å². The van der Waals surface area contributed by atoms with Crippen LogP contribution in [0.2, 0.25) is 0 Å². The lowest BCUT2D eigenvalue weighted by atomic mass is 9.97. The fourth-order valence-corrected chi connectivity index (χ4v) is 5.14. The van der Waals surface area contributed by atoms with Gasteiger partial charge < -0.3 is 26.0 Å². The molecule has 4 aromatic rings. The third-order valence-corrected chi connectivity index (χ3v) is 7.01. The number of halogens is 1. The van der Waals surface area contributed by atoms with Gasteiger partial charge in [0.05, 0.1) is 17.9 Å². The zero-order valence-electron chi connectivity index (χ0n) is 19.8. The van der Waals surface area contributed by atoms with E-state index < -0.39 is 12.7 Å². The van der Waals surface area contributed by atoms with Crippen LogP contribution in [0, 0.1) is 28.5 Å². The van der Waals surface area contributed by atoms with Gasteiger partial charge in [-0.25, -0.2) is 14.4 Å². The van der Waals surface area contributed by atoms with Crippen molar-refractivity contribution in [2.24, 2.45) is 0 Å². The van der Waals surface area contributed by atoms with Crippen LogP contribution in [0.25, 0.3) is 11.1 Å². The number of nitrogens with one attached hydrogen (secondary N) is 1. The Bertz CT molecular complexity index is 1520. The maximum Gasteiger partial charge on any atom is 0.187 e. The molecule has 0 radical (unpaired) electrons. The molecule has 0 spiro atoms. The number of thioether (sulfide) groups is 1. The van der Waals surface area contributed by atoms with Crippen molar-refractivity contribution in [3.05, 3.63) is 76.5 Å². The van der Waals surface area contributed by atoms with E-state index in [2.05, 4.69) is 21.4 Å². The Morgan fingerprint density at radius 3 is 2.58 bits per heavy atom. The number of anilines is 3. The number of benzene rings is 2. The number of nitrogens with zero attached hydrogens (tertiary/aromatic N) is 4. The number of aromatic nitrogens is 2. The minimum absolute atomic E-state index is 0.00197. The van der Waals surface area contributed by atoms with E-state index in [-0.39, 0.29) is 29.4 Å². The van der Waals surface area contributed by atoms with Crippen molar-refractivity contribution >= 4 is 39.7 Å². The second-order valence-corrected chi connectivity index (χ2v) is 9.71. The largest absolute Gasteiger partial charge is 0.491 e. The second kappa shape index (κ2) is 12.4. The fourth-order valence-electron chi connectivity index (χ4n) is 3.42. The molecule has 0 saturated carbocycles. The van der Waals surface area contributed by atoms with Gasteiger partial charge in [-0.05, 0) is 35.9 Å². The normalized spacial score (nSPS) is 11.4.